The van der Waals surface area contributed by atoms with E-state index < -0.39 is 0 Å². The van der Waals surface area contributed by atoms with Crippen molar-refractivity contribution in [3.8, 4) is 5.75 Å². The van der Waals surface area contributed by atoms with Gasteiger partial charge < -0.3 is 10.1 Å². The largest absolute Gasteiger partial charge is 0.497 e. The molecule has 0 aliphatic heterocycles. The molecule has 2 rings (SSSR count). The summed E-state index contributed by atoms with van der Waals surface area (Å²) in [7, 11) is 1.62. The predicted molar refractivity (Wildman–Crippen MR) is 92.2 cm³/mol. The van der Waals surface area contributed by atoms with Crippen molar-refractivity contribution >= 4 is 18.2 Å². The monoisotopic (exact) mass is 319 g/mol. The summed E-state index contributed by atoms with van der Waals surface area (Å²) in [6.07, 6.45) is 1.50. The van der Waals surface area contributed by atoms with Crippen LogP contribution in [0, 0.1) is 0 Å². The van der Waals surface area contributed by atoms with Crippen LogP contribution in [0.25, 0.3) is 0 Å². The Bertz CT molecular complexity index is 555. The molecule has 0 aliphatic carbocycles. The van der Waals surface area contributed by atoms with E-state index in [1.54, 1.807) is 7.11 Å². The number of carbonyl (C=O) groups is 1. The molecule has 0 radical (unpaired) electrons. The highest BCUT2D eigenvalue weighted by molar-refractivity contribution is 5.96. The summed E-state index contributed by atoms with van der Waals surface area (Å²) in [6.45, 7) is 1.59. The van der Waals surface area contributed by atoms with Crippen molar-refractivity contribution in [3.05, 3.63) is 65.7 Å². The molecular weight excluding hydrogens is 298 g/mol. The molecular formula is C18H22ClNO2. The second-order valence-corrected chi connectivity index (χ2v) is 4.89. The van der Waals surface area contributed by atoms with Gasteiger partial charge in [-0.05, 0) is 42.8 Å². The first-order chi connectivity index (χ1) is 10.3. The van der Waals surface area contributed by atoms with Gasteiger partial charge in [0, 0.05) is 18.5 Å². The molecule has 0 amide bonds. The Morgan fingerprint density at radius 1 is 1.00 bits per heavy atom. The summed E-state index contributed by atoms with van der Waals surface area (Å²) in [5.41, 5.74) is 2.05. The van der Waals surface area contributed by atoms with Crippen molar-refractivity contribution in [3.63, 3.8) is 0 Å². The van der Waals surface area contributed by atoms with Gasteiger partial charge in [-0.25, -0.2) is 0 Å². The van der Waals surface area contributed by atoms with E-state index in [4.69, 9.17) is 4.74 Å². The predicted octanol–water partition coefficient (Wildman–Crippen LogP) is 3.52. The number of benzene rings is 2. The minimum atomic E-state index is 0. The zero-order valence-corrected chi connectivity index (χ0v) is 13.6. The lowest BCUT2D eigenvalue weighted by molar-refractivity contribution is 0.0982. The third kappa shape index (κ3) is 5.88. The van der Waals surface area contributed by atoms with E-state index in [1.807, 2.05) is 42.5 Å². The van der Waals surface area contributed by atoms with Gasteiger partial charge in [-0.2, -0.15) is 0 Å². The summed E-state index contributed by atoms with van der Waals surface area (Å²) in [4.78, 5) is 12.0. The summed E-state index contributed by atoms with van der Waals surface area (Å²) in [5, 5.41) is 3.31. The van der Waals surface area contributed by atoms with Crippen LogP contribution in [0.4, 0.5) is 0 Å². The lowest BCUT2D eigenvalue weighted by Gasteiger charge is -2.05. The number of halogens is 1. The van der Waals surface area contributed by atoms with Crippen LogP contribution in [0.15, 0.2) is 54.6 Å². The Morgan fingerprint density at radius 3 is 2.32 bits per heavy atom. The van der Waals surface area contributed by atoms with Gasteiger partial charge >= 0.3 is 0 Å². The minimum absolute atomic E-state index is 0. The molecule has 0 unspecified atom stereocenters. The Balaban J connectivity index is 0.00000242. The maximum atomic E-state index is 12.0. The number of ketones is 1. The van der Waals surface area contributed by atoms with Crippen molar-refractivity contribution in [2.24, 2.45) is 0 Å². The normalized spacial score (nSPS) is 9.86. The molecule has 2 aromatic carbocycles. The van der Waals surface area contributed by atoms with E-state index in [0.717, 1.165) is 24.3 Å². The molecule has 22 heavy (non-hydrogen) atoms. The van der Waals surface area contributed by atoms with E-state index >= 15 is 0 Å². The molecule has 2 aromatic rings. The van der Waals surface area contributed by atoms with Gasteiger partial charge in [-0.3, -0.25) is 4.79 Å². The number of carbonyl (C=O) groups excluding carboxylic acids is 1. The Hall–Kier alpha value is -1.84. The second-order valence-electron chi connectivity index (χ2n) is 4.89. The maximum absolute atomic E-state index is 12.0. The summed E-state index contributed by atoms with van der Waals surface area (Å²) < 4.78 is 5.08. The fraction of sp³-hybridized carbons (Fsp3) is 0.278. The third-order valence-corrected chi connectivity index (χ3v) is 3.37. The highest BCUT2D eigenvalue weighted by atomic mass is 35.5. The molecule has 0 aliphatic rings. The molecule has 0 atom stereocenters. The summed E-state index contributed by atoms with van der Waals surface area (Å²) in [6, 6.07) is 17.6. The van der Waals surface area contributed by atoms with Crippen molar-refractivity contribution in [1.29, 1.82) is 0 Å². The van der Waals surface area contributed by atoms with Gasteiger partial charge in [-0.15, -0.1) is 12.4 Å². The van der Waals surface area contributed by atoms with Crippen LogP contribution in [0.1, 0.15) is 22.3 Å². The van der Waals surface area contributed by atoms with Crippen LogP contribution in [-0.2, 0) is 6.42 Å². The third-order valence-electron chi connectivity index (χ3n) is 3.37. The molecule has 0 saturated carbocycles. The van der Waals surface area contributed by atoms with E-state index in [2.05, 4.69) is 17.4 Å². The zero-order chi connectivity index (χ0) is 14.9. The first-order valence-electron chi connectivity index (χ1n) is 7.21. The highest BCUT2D eigenvalue weighted by Gasteiger charge is 2.05. The van der Waals surface area contributed by atoms with Crippen LogP contribution >= 0.6 is 12.4 Å². The topological polar surface area (TPSA) is 38.3 Å². The van der Waals surface area contributed by atoms with Gasteiger partial charge in [0.1, 0.15) is 5.75 Å². The highest BCUT2D eigenvalue weighted by Crippen LogP contribution is 2.12. The smallest absolute Gasteiger partial charge is 0.164 e. The average Bonchev–Trinajstić information content (AvgIpc) is 2.55. The van der Waals surface area contributed by atoms with Crippen molar-refractivity contribution in [2.45, 2.75) is 12.8 Å². The molecule has 0 saturated heterocycles. The van der Waals surface area contributed by atoms with Gasteiger partial charge in [0.05, 0.1) is 7.11 Å². The standard InChI is InChI=1S/C18H21NO2.ClH/c1-21-17-9-7-16(8-10-17)18(20)12-14-19-13-11-15-5-3-2-4-6-15;/h2-10,19H,11-14H2,1H3;1H. The minimum Gasteiger partial charge on any atom is -0.497 e. The lowest BCUT2D eigenvalue weighted by atomic mass is 10.1. The summed E-state index contributed by atoms with van der Waals surface area (Å²) >= 11 is 0. The van der Waals surface area contributed by atoms with Crippen molar-refractivity contribution < 1.29 is 9.53 Å². The fourth-order valence-electron chi connectivity index (χ4n) is 2.13. The first-order valence-corrected chi connectivity index (χ1v) is 7.21. The molecule has 0 fully saturated rings. The molecule has 4 heteroatoms. The van der Waals surface area contributed by atoms with Crippen LogP contribution in [0.5, 0.6) is 5.75 Å². The van der Waals surface area contributed by atoms with Crippen molar-refractivity contribution in [2.75, 3.05) is 20.2 Å². The van der Waals surface area contributed by atoms with Crippen LogP contribution in [0.3, 0.4) is 0 Å². The second kappa shape index (κ2) is 9.98. The van der Waals surface area contributed by atoms with E-state index in [1.165, 1.54) is 5.56 Å². The van der Waals surface area contributed by atoms with E-state index in [9.17, 15) is 4.79 Å². The SMILES string of the molecule is COc1ccc(C(=O)CCNCCc2ccccc2)cc1.Cl. The molecule has 1 N–H and O–H groups in total. The average molecular weight is 320 g/mol. The first kappa shape index (κ1) is 18.2. The molecule has 0 aromatic heterocycles. The number of Topliss-reactive ketones (excluding diaryl/α,β-unsaturated/α-hetero) is 1. The fourth-order valence-corrected chi connectivity index (χ4v) is 2.13. The molecule has 0 bridgehead atoms. The van der Waals surface area contributed by atoms with Gasteiger partial charge in [0.2, 0.25) is 0 Å². The number of rotatable bonds is 8. The Labute approximate surface area is 138 Å². The Morgan fingerprint density at radius 2 is 1.68 bits per heavy atom. The van der Waals surface area contributed by atoms with Crippen molar-refractivity contribution in [1.82, 2.24) is 5.32 Å². The number of hydrogen-bond donors (Lipinski definition) is 1. The number of methoxy groups -OCH3 is 1. The number of ether oxygens (including phenoxy) is 1. The maximum Gasteiger partial charge on any atom is 0.164 e. The quantitative estimate of drug-likeness (QED) is 0.597. The van der Waals surface area contributed by atoms with Gasteiger partial charge in [0.25, 0.3) is 0 Å². The zero-order valence-electron chi connectivity index (χ0n) is 12.7. The lowest BCUT2D eigenvalue weighted by Crippen LogP contribution is -2.21. The number of hydrogen-bond acceptors (Lipinski definition) is 3. The number of nitrogens with one attached hydrogen (secondary N) is 1. The Kier molecular flexibility index (Phi) is 8.26. The van der Waals surface area contributed by atoms with E-state index in [0.29, 0.717) is 13.0 Å². The van der Waals surface area contributed by atoms with Crippen LogP contribution < -0.4 is 10.1 Å². The van der Waals surface area contributed by atoms with Crippen LogP contribution in [0.2, 0.25) is 0 Å². The molecule has 118 valence electrons. The van der Waals surface area contributed by atoms with Crippen LogP contribution in [-0.4, -0.2) is 26.0 Å². The molecule has 0 spiro atoms. The van der Waals surface area contributed by atoms with Gasteiger partial charge in [0.15, 0.2) is 5.78 Å². The van der Waals surface area contributed by atoms with E-state index in [-0.39, 0.29) is 18.2 Å². The molecule has 0 heterocycles. The van der Waals surface area contributed by atoms with Gasteiger partial charge in [-0.1, -0.05) is 30.3 Å². The molecule has 3 nitrogen and oxygen atoms in total. The summed E-state index contributed by atoms with van der Waals surface area (Å²) in [5.74, 6) is 0.928.